The highest BCUT2D eigenvalue weighted by Crippen LogP contribution is 2.34. The molecule has 0 fully saturated rings. The van der Waals surface area contributed by atoms with Gasteiger partial charge >= 0.3 is 0 Å². The van der Waals surface area contributed by atoms with Gasteiger partial charge in [-0.05, 0) is 47.7 Å². The van der Waals surface area contributed by atoms with Crippen molar-refractivity contribution in [3.05, 3.63) is 75.8 Å². The zero-order chi connectivity index (χ0) is 15.5. The molecule has 22 heavy (non-hydrogen) atoms. The van der Waals surface area contributed by atoms with Crippen molar-refractivity contribution >= 4 is 27.9 Å². The van der Waals surface area contributed by atoms with Crippen LogP contribution in [0.2, 0.25) is 0 Å². The lowest BCUT2D eigenvalue weighted by molar-refractivity contribution is -0.126. The van der Waals surface area contributed by atoms with E-state index in [0.29, 0.717) is 0 Å². The Balaban J connectivity index is 1.71. The highest BCUT2D eigenvalue weighted by Gasteiger charge is 2.27. The second-order valence-corrected chi connectivity index (χ2v) is 6.50. The zero-order valence-corrected chi connectivity index (χ0v) is 14.1. The van der Waals surface area contributed by atoms with Crippen LogP contribution < -0.4 is 0 Å². The number of nitrogens with zero attached hydrogens (tertiary/aromatic N) is 1. The third kappa shape index (κ3) is 3.14. The van der Waals surface area contributed by atoms with E-state index in [4.69, 9.17) is 0 Å². The maximum atomic E-state index is 12.4. The Morgan fingerprint density at radius 2 is 1.91 bits per heavy atom. The van der Waals surface area contributed by atoms with Crippen molar-refractivity contribution in [3.63, 3.8) is 0 Å². The number of rotatable bonds is 3. The predicted molar refractivity (Wildman–Crippen MR) is 93.5 cm³/mol. The normalized spacial score (nSPS) is 16.7. The Kier molecular flexibility index (Phi) is 4.44. The fourth-order valence-electron chi connectivity index (χ4n) is 2.95. The molecule has 3 heteroatoms. The molecule has 0 aromatic heterocycles. The number of halogens is 1. The highest BCUT2D eigenvalue weighted by atomic mass is 79.9. The molecule has 1 amide bonds. The molecule has 1 aliphatic carbocycles. The lowest BCUT2D eigenvalue weighted by Gasteiger charge is -2.24. The molecule has 0 heterocycles. The van der Waals surface area contributed by atoms with Gasteiger partial charge in [-0.3, -0.25) is 4.79 Å². The van der Waals surface area contributed by atoms with Crippen LogP contribution >= 0.6 is 15.9 Å². The van der Waals surface area contributed by atoms with Crippen LogP contribution in [0.5, 0.6) is 0 Å². The molecule has 0 saturated heterocycles. The summed E-state index contributed by atoms with van der Waals surface area (Å²) in [6, 6.07) is 16.5. The van der Waals surface area contributed by atoms with Gasteiger partial charge in [-0.15, -0.1) is 0 Å². The summed E-state index contributed by atoms with van der Waals surface area (Å²) < 4.78 is 1.04. The smallest absolute Gasteiger partial charge is 0.246 e. The fourth-order valence-corrected chi connectivity index (χ4v) is 3.21. The minimum Gasteiger partial charge on any atom is -0.335 e. The Hall–Kier alpha value is -1.87. The first kappa shape index (κ1) is 15.0. The second-order valence-electron chi connectivity index (χ2n) is 5.59. The minimum absolute atomic E-state index is 0.0459. The number of carbonyl (C=O) groups is 1. The van der Waals surface area contributed by atoms with Crippen LogP contribution in [0.4, 0.5) is 0 Å². The van der Waals surface area contributed by atoms with Crippen LogP contribution in [0, 0.1) is 0 Å². The Morgan fingerprint density at radius 1 is 1.18 bits per heavy atom. The van der Waals surface area contributed by atoms with Crippen LogP contribution in [0.25, 0.3) is 6.08 Å². The molecule has 112 valence electrons. The number of hydrogen-bond acceptors (Lipinski definition) is 1. The average molecular weight is 356 g/mol. The van der Waals surface area contributed by atoms with E-state index in [-0.39, 0.29) is 11.9 Å². The summed E-state index contributed by atoms with van der Waals surface area (Å²) in [5, 5.41) is 0. The van der Waals surface area contributed by atoms with E-state index >= 15 is 0 Å². The second kappa shape index (κ2) is 6.49. The quantitative estimate of drug-likeness (QED) is 0.736. The topological polar surface area (TPSA) is 20.3 Å². The van der Waals surface area contributed by atoms with Crippen molar-refractivity contribution in [1.29, 1.82) is 0 Å². The number of aryl methyl sites for hydroxylation is 1. The highest BCUT2D eigenvalue weighted by molar-refractivity contribution is 9.10. The van der Waals surface area contributed by atoms with E-state index in [1.807, 2.05) is 48.4 Å². The Morgan fingerprint density at radius 3 is 2.68 bits per heavy atom. The van der Waals surface area contributed by atoms with Gasteiger partial charge < -0.3 is 4.90 Å². The number of likely N-dealkylation sites (N-methyl/N-ethyl adjacent to an activating group) is 1. The zero-order valence-electron chi connectivity index (χ0n) is 12.5. The van der Waals surface area contributed by atoms with Crippen molar-refractivity contribution in [2.75, 3.05) is 7.05 Å². The molecule has 2 aromatic rings. The molecule has 0 N–H and O–H groups in total. The van der Waals surface area contributed by atoms with Crippen molar-refractivity contribution in [1.82, 2.24) is 4.90 Å². The van der Waals surface area contributed by atoms with Crippen LogP contribution in [-0.4, -0.2) is 17.9 Å². The van der Waals surface area contributed by atoms with E-state index in [1.165, 1.54) is 11.1 Å². The number of benzene rings is 2. The standard InChI is InChI=1S/C19H18BrNO/c1-21(18-12-9-15-4-2-3-5-17(15)18)19(22)13-8-14-6-10-16(20)11-7-14/h2-8,10-11,13,18H,9,12H2,1H3/b13-8+/t18-/m1/s1. The maximum Gasteiger partial charge on any atom is 0.246 e. The van der Waals surface area contributed by atoms with Crippen LogP contribution in [0.3, 0.4) is 0 Å². The van der Waals surface area contributed by atoms with E-state index in [2.05, 4.69) is 34.1 Å². The number of carbonyl (C=O) groups excluding carboxylic acids is 1. The van der Waals surface area contributed by atoms with Crippen molar-refractivity contribution in [3.8, 4) is 0 Å². The molecular weight excluding hydrogens is 338 g/mol. The average Bonchev–Trinajstić information content (AvgIpc) is 2.97. The molecular formula is C19H18BrNO. The summed E-state index contributed by atoms with van der Waals surface area (Å²) in [5.41, 5.74) is 3.68. The summed E-state index contributed by atoms with van der Waals surface area (Å²) >= 11 is 3.41. The van der Waals surface area contributed by atoms with E-state index < -0.39 is 0 Å². The first-order chi connectivity index (χ1) is 10.6. The van der Waals surface area contributed by atoms with Crippen molar-refractivity contribution < 1.29 is 4.79 Å². The van der Waals surface area contributed by atoms with Crippen LogP contribution in [0.15, 0.2) is 59.1 Å². The number of amides is 1. The van der Waals surface area contributed by atoms with Gasteiger partial charge in [-0.1, -0.05) is 52.3 Å². The molecule has 0 bridgehead atoms. The molecule has 0 aliphatic heterocycles. The largest absolute Gasteiger partial charge is 0.335 e. The van der Waals surface area contributed by atoms with Crippen LogP contribution in [0.1, 0.15) is 29.2 Å². The molecule has 3 rings (SSSR count). The van der Waals surface area contributed by atoms with E-state index in [0.717, 1.165) is 22.9 Å². The first-order valence-corrected chi connectivity index (χ1v) is 8.23. The van der Waals surface area contributed by atoms with E-state index in [1.54, 1.807) is 6.08 Å². The van der Waals surface area contributed by atoms with Gasteiger partial charge in [0.1, 0.15) is 0 Å². The third-order valence-electron chi connectivity index (χ3n) is 4.20. The lowest BCUT2D eigenvalue weighted by Crippen LogP contribution is -2.28. The molecule has 1 aliphatic rings. The molecule has 1 atom stereocenters. The van der Waals surface area contributed by atoms with Gasteiger partial charge in [0.05, 0.1) is 6.04 Å². The third-order valence-corrected chi connectivity index (χ3v) is 4.73. The monoisotopic (exact) mass is 355 g/mol. The Bertz CT molecular complexity index is 706. The fraction of sp³-hybridized carbons (Fsp3) is 0.211. The van der Waals surface area contributed by atoms with Gasteiger partial charge in [0.25, 0.3) is 0 Å². The maximum absolute atomic E-state index is 12.4. The van der Waals surface area contributed by atoms with Crippen molar-refractivity contribution in [2.24, 2.45) is 0 Å². The predicted octanol–water partition coefficient (Wildman–Crippen LogP) is 4.61. The lowest BCUT2D eigenvalue weighted by atomic mass is 10.1. The summed E-state index contributed by atoms with van der Waals surface area (Å²) in [6.45, 7) is 0. The van der Waals surface area contributed by atoms with Gasteiger partial charge in [0, 0.05) is 17.6 Å². The van der Waals surface area contributed by atoms with Gasteiger partial charge in [-0.2, -0.15) is 0 Å². The minimum atomic E-state index is 0.0459. The summed E-state index contributed by atoms with van der Waals surface area (Å²) in [6.07, 6.45) is 5.58. The Labute approximate surface area is 139 Å². The van der Waals surface area contributed by atoms with Crippen LogP contribution in [-0.2, 0) is 11.2 Å². The molecule has 0 unspecified atom stereocenters. The molecule has 0 saturated carbocycles. The molecule has 2 nitrogen and oxygen atoms in total. The SMILES string of the molecule is CN(C(=O)/C=C/c1ccc(Br)cc1)[C@@H]1CCc2ccccc21. The van der Waals surface area contributed by atoms with Gasteiger partial charge in [0.2, 0.25) is 5.91 Å². The van der Waals surface area contributed by atoms with Gasteiger partial charge in [-0.25, -0.2) is 0 Å². The van der Waals surface area contributed by atoms with E-state index in [9.17, 15) is 4.79 Å². The molecule has 0 radical (unpaired) electrons. The summed E-state index contributed by atoms with van der Waals surface area (Å²) in [4.78, 5) is 14.3. The van der Waals surface area contributed by atoms with Crippen molar-refractivity contribution in [2.45, 2.75) is 18.9 Å². The van der Waals surface area contributed by atoms with Gasteiger partial charge in [0.15, 0.2) is 0 Å². The number of hydrogen-bond donors (Lipinski definition) is 0. The first-order valence-electron chi connectivity index (χ1n) is 7.43. The molecule has 2 aromatic carbocycles. The summed E-state index contributed by atoms with van der Waals surface area (Å²) in [7, 11) is 1.89. The summed E-state index contributed by atoms with van der Waals surface area (Å²) in [5.74, 6) is 0.0459. The molecule has 0 spiro atoms. The number of fused-ring (bicyclic) bond motifs is 1.